The van der Waals surface area contributed by atoms with Crippen LogP contribution in [0.5, 0.6) is 0 Å². The summed E-state index contributed by atoms with van der Waals surface area (Å²) < 4.78 is 9.70. The van der Waals surface area contributed by atoms with E-state index < -0.39 is 6.16 Å². The summed E-state index contributed by atoms with van der Waals surface area (Å²) in [5.74, 6) is 0.782. The van der Waals surface area contributed by atoms with Crippen LogP contribution >= 0.6 is 24.8 Å². The van der Waals surface area contributed by atoms with Crippen molar-refractivity contribution in [2.24, 2.45) is 16.5 Å². The van der Waals surface area contributed by atoms with Crippen molar-refractivity contribution < 1.29 is 14.3 Å². The van der Waals surface area contributed by atoms with E-state index >= 15 is 0 Å². The average molecular weight is 342 g/mol. The van der Waals surface area contributed by atoms with Crippen molar-refractivity contribution in [1.29, 1.82) is 0 Å². The monoisotopic (exact) mass is 341 g/mol. The van der Waals surface area contributed by atoms with Crippen molar-refractivity contribution in [3.05, 3.63) is 0 Å². The minimum atomic E-state index is -0.610. The number of aliphatic imine (C=N–C) groups is 1. The van der Waals surface area contributed by atoms with Gasteiger partial charge < -0.3 is 20.9 Å². The lowest BCUT2D eigenvalue weighted by molar-refractivity contribution is 0.109. The van der Waals surface area contributed by atoms with Gasteiger partial charge in [-0.15, -0.1) is 24.8 Å². The summed E-state index contributed by atoms with van der Waals surface area (Å²) in [5.41, 5.74) is 11.8. The molecule has 0 aromatic heterocycles. The third-order valence-corrected chi connectivity index (χ3v) is 3.73. The van der Waals surface area contributed by atoms with Crippen LogP contribution in [0.25, 0.3) is 0 Å². The molecule has 2 aliphatic rings. The summed E-state index contributed by atoms with van der Waals surface area (Å²) in [7, 11) is 0. The van der Waals surface area contributed by atoms with Gasteiger partial charge in [-0.25, -0.2) is 4.79 Å². The number of cyclic esters (lactones) is 2. The molecule has 2 heterocycles. The summed E-state index contributed by atoms with van der Waals surface area (Å²) in [4.78, 5) is 15.3. The van der Waals surface area contributed by atoms with E-state index in [2.05, 4.69) is 4.99 Å². The Balaban J connectivity index is 0.00000200. The van der Waals surface area contributed by atoms with E-state index in [1.165, 1.54) is 6.42 Å². The third kappa shape index (κ3) is 6.72. The van der Waals surface area contributed by atoms with Gasteiger partial charge in [-0.1, -0.05) is 6.42 Å². The quantitative estimate of drug-likeness (QED) is 0.746. The number of nitrogens with zero attached hydrogens (tertiary/aromatic N) is 1. The fraction of sp³-hybridized carbons (Fsp3) is 0.846. The molecular weight excluding hydrogens is 317 g/mol. The van der Waals surface area contributed by atoms with Gasteiger partial charge in [0.05, 0.1) is 11.9 Å². The topological polar surface area (TPSA) is 99.9 Å². The fourth-order valence-electron chi connectivity index (χ4n) is 2.59. The smallest absolute Gasteiger partial charge is 0.430 e. The molecule has 0 aliphatic carbocycles. The first-order valence-corrected chi connectivity index (χ1v) is 7.06. The molecule has 124 valence electrons. The molecule has 1 fully saturated rings. The van der Waals surface area contributed by atoms with Gasteiger partial charge in [-0.2, -0.15) is 0 Å². The standard InChI is InChI=1S/C13H23N3O3.2ClH/c14-10(11-8-18-13(17)19-11)6-3-5-9-4-1-2-7-12(15)16-9;;/h9-11H,1-8,14H2,(H2,15,16);2*1H. The molecular formula is C13H25Cl2N3O3. The van der Waals surface area contributed by atoms with Gasteiger partial charge in [0.1, 0.15) is 6.61 Å². The Morgan fingerprint density at radius 2 is 2.10 bits per heavy atom. The zero-order valence-electron chi connectivity index (χ0n) is 12.0. The van der Waals surface area contributed by atoms with E-state index in [0.29, 0.717) is 6.04 Å². The van der Waals surface area contributed by atoms with Crippen molar-refractivity contribution in [3.8, 4) is 0 Å². The molecule has 0 aromatic rings. The first-order valence-electron chi connectivity index (χ1n) is 7.06. The maximum atomic E-state index is 10.8. The number of carbonyl (C=O) groups is 1. The van der Waals surface area contributed by atoms with Crippen molar-refractivity contribution in [1.82, 2.24) is 0 Å². The van der Waals surface area contributed by atoms with Crippen LogP contribution in [-0.2, 0) is 9.47 Å². The average Bonchev–Trinajstić information content (AvgIpc) is 2.70. The summed E-state index contributed by atoms with van der Waals surface area (Å²) in [5, 5.41) is 0. The van der Waals surface area contributed by atoms with Crippen molar-refractivity contribution in [2.45, 2.75) is 63.1 Å². The van der Waals surface area contributed by atoms with Crippen LogP contribution in [-0.4, -0.2) is 36.8 Å². The fourth-order valence-corrected chi connectivity index (χ4v) is 2.59. The van der Waals surface area contributed by atoms with E-state index in [1.54, 1.807) is 0 Å². The predicted molar refractivity (Wildman–Crippen MR) is 86.4 cm³/mol. The number of nitrogens with two attached hydrogens (primary N) is 2. The Bertz CT molecular complexity index is 356. The number of carbonyl (C=O) groups excluding carboxylic acids is 1. The van der Waals surface area contributed by atoms with Gasteiger partial charge in [0.15, 0.2) is 6.10 Å². The lowest BCUT2D eigenvalue weighted by atomic mass is 10.0. The minimum absolute atomic E-state index is 0. The zero-order valence-corrected chi connectivity index (χ0v) is 13.7. The SMILES string of the molecule is Cl.Cl.NC1=NC(CCCC(N)C2COC(=O)O2)CCCC1. The van der Waals surface area contributed by atoms with E-state index in [9.17, 15) is 4.79 Å². The van der Waals surface area contributed by atoms with Crippen molar-refractivity contribution in [3.63, 3.8) is 0 Å². The Labute approximate surface area is 137 Å². The van der Waals surface area contributed by atoms with Crippen LogP contribution in [0, 0.1) is 0 Å². The molecule has 3 unspecified atom stereocenters. The number of rotatable bonds is 5. The van der Waals surface area contributed by atoms with E-state index in [-0.39, 0.29) is 43.6 Å². The summed E-state index contributed by atoms with van der Waals surface area (Å²) in [6.45, 7) is 0.272. The molecule has 0 aromatic carbocycles. The summed E-state index contributed by atoms with van der Waals surface area (Å²) >= 11 is 0. The summed E-state index contributed by atoms with van der Waals surface area (Å²) in [6.07, 6.45) is 6.23. The number of amidine groups is 1. The van der Waals surface area contributed by atoms with E-state index in [4.69, 9.17) is 20.9 Å². The molecule has 2 rings (SSSR count). The highest BCUT2D eigenvalue weighted by Crippen LogP contribution is 2.19. The Morgan fingerprint density at radius 3 is 2.76 bits per heavy atom. The second kappa shape index (κ2) is 10.1. The van der Waals surface area contributed by atoms with Gasteiger partial charge in [-0.05, 0) is 32.1 Å². The van der Waals surface area contributed by atoms with Gasteiger partial charge in [0.25, 0.3) is 0 Å². The zero-order chi connectivity index (χ0) is 13.7. The highest BCUT2D eigenvalue weighted by Gasteiger charge is 2.30. The summed E-state index contributed by atoms with van der Waals surface area (Å²) in [6, 6.07) is 0.177. The molecule has 0 radical (unpaired) electrons. The van der Waals surface area contributed by atoms with Crippen LogP contribution in [0.4, 0.5) is 4.79 Å². The van der Waals surface area contributed by atoms with Crippen molar-refractivity contribution in [2.75, 3.05) is 6.61 Å². The van der Waals surface area contributed by atoms with E-state index in [1.807, 2.05) is 0 Å². The van der Waals surface area contributed by atoms with Gasteiger partial charge in [0.2, 0.25) is 0 Å². The molecule has 6 nitrogen and oxygen atoms in total. The van der Waals surface area contributed by atoms with E-state index in [0.717, 1.165) is 44.4 Å². The third-order valence-electron chi connectivity index (χ3n) is 3.73. The molecule has 2 aliphatic heterocycles. The molecule has 4 N–H and O–H groups in total. The molecule has 21 heavy (non-hydrogen) atoms. The lowest BCUT2D eigenvalue weighted by Crippen LogP contribution is -2.36. The van der Waals surface area contributed by atoms with Crippen LogP contribution in [0.3, 0.4) is 0 Å². The van der Waals surface area contributed by atoms with Crippen LogP contribution in [0.2, 0.25) is 0 Å². The van der Waals surface area contributed by atoms with Crippen LogP contribution in [0.15, 0.2) is 4.99 Å². The van der Waals surface area contributed by atoms with Crippen molar-refractivity contribution >= 4 is 36.8 Å². The first-order chi connectivity index (χ1) is 9.15. The molecule has 8 heteroatoms. The molecule has 0 bridgehead atoms. The molecule has 1 saturated heterocycles. The number of halogens is 2. The van der Waals surface area contributed by atoms with Crippen LogP contribution < -0.4 is 11.5 Å². The van der Waals surface area contributed by atoms with Crippen LogP contribution in [0.1, 0.15) is 44.9 Å². The first kappa shape index (κ1) is 20.3. The lowest BCUT2D eigenvalue weighted by Gasteiger charge is -2.17. The Kier molecular flexibility index (Phi) is 9.74. The van der Waals surface area contributed by atoms with Gasteiger partial charge >= 0.3 is 6.16 Å². The minimum Gasteiger partial charge on any atom is -0.430 e. The molecule has 0 saturated carbocycles. The number of hydrogen-bond donors (Lipinski definition) is 2. The normalized spacial score (nSPS) is 26.3. The maximum absolute atomic E-state index is 10.8. The van der Waals surface area contributed by atoms with Gasteiger partial charge in [0, 0.05) is 12.5 Å². The maximum Gasteiger partial charge on any atom is 0.508 e. The predicted octanol–water partition coefficient (Wildman–Crippen LogP) is 2.16. The number of ether oxygens (including phenoxy) is 2. The highest BCUT2D eigenvalue weighted by atomic mass is 35.5. The molecule has 0 amide bonds. The molecule has 0 spiro atoms. The largest absolute Gasteiger partial charge is 0.508 e. The second-order valence-corrected chi connectivity index (χ2v) is 5.33. The Morgan fingerprint density at radius 1 is 1.33 bits per heavy atom. The molecule has 3 atom stereocenters. The Hall–Kier alpha value is -0.720. The second-order valence-electron chi connectivity index (χ2n) is 5.33. The highest BCUT2D eigenvalue weighted by molar-refractivity contribution is 5.85. The van der Waals surface area contributed by atoms with Gasteiger partial charge in [-0.3, -0.25) is 4.99 Å². The number of hydrogen-bond acceptors (Lipinski definition) is 6.